The van der Waals surface area contributed by atoms with E-state index in [1.807, 2.05) is 23.1 Å². The highest BCUT2D eigenvalue weighted by Crippen LogP contribution is 2.29. The number of benzene rings is 1. The second-order valence-electron chi connectivity index (χ2n) is 7.02. The van der Waals surface area contributed by atoms with Gasteiger partial charge in [0.2, 0.25) is 5.91 Å². The molecular formula is C20H29N3O3. The number of nitrogens with one attached hydrogen (secondary N) is 2. The van der Waals surface area contributed by atoms with Gasteiger partial charge < -0.3 is 20.3 Å². The minimum atomic E-state index is -0.110. The molecule has 1 saturated carbocycles. The Kier molecular flexibility index (Phi) is 6.89. The van der Waals surface area contributed by atoms with E-state index in [1.54, 1.807) is 0 Å². The number of amides is 3. The lowest BCUT2D eigenvalue weighted by atomic mass is 9.82. The molecule has 3 rings (SSSR count). The third-order valence-corrected chi connectivity index (χ3v) is 5.28. The van der Waals surface area contributed by atoms with Crippen molar-refractivity contribution < 1.29 is 14.3 Å². The molecule has 0 bridgehead atoms. The number of carbonyl (C=O) groups excluding carboxylic acids is 2. The number of carbonyl (C=O) groups is 2. The van der Waals surface area contributed by atoms with Gasteiger partial charge in [0.25, 0.3) is 0 Å². The number of hydrogen-bond donors (Lipinski definition) is 2. The smallest absolute Gasteiger partial charge is 0.317 e. The van der Waals surface area contributed by atoms with Crippen molar-refractivity contribution in [3.8, 4) is 0 Å². The first-order valence-corrected chi connectivity index (χ1v) is 9.69. The molecule has 6 nitrogen and oxygen atoms in total. The van der Waals surface area contributed by atoms with Gasteiger partial charge in [-0.2, -0.15) is 0 Å². The molecule has 0 spiro atoms. The quantitative estimate of drug-likeness (QED) is 0.867. The van der Waals surface area contributed by atoms with Crippen LogP contribution >= 0.6 is 0 Å². The van der Waals surface area contributed by atoms with Gasteiger partial charge in [-0.3, -0.25) is 4.79 Å². The zero-order valence-corrected chi connectivity index (χ0v) is 15.3. The lowest BCUT2D eigenvalue weighted by Gasteiger charge is -2.39. The van der Waals surface area contributed by atoms with E-state index >= 15 is 0 Å². The van der Waals surface area contributed by atoms with Crippen LogP contribution in [0.1, 0.15) is 31.2 Å². The highest BCUT2D eigenvalue weighted by Gasteiger charge is 2.37. The highest BCUT2D eigenvalue weighted by atomic mass is 16.5. The molecule has 2 atom stereocenters. The first-order valence-electron chi connectivity index (χ1n) is 9.69. The van der Waals surface area contributed by atoms with Crippen LogP contribution in [-0.4, -0.2) is 55.7 Å². The fourth-order valence-corrected chi connectivity index (χ4v) is 3.91. The topological polar surface area (TPSA) is 70.7 Å². The molecule has 2 fully saturated rings. The van der Waals surface area contributed by atoms with E-state index in [1.165, 1.54) is 5.56 Å². The van der Waals surface area contributed by atoms with Crippen LogP contribution in [0.2, 0.25) is 0 Å². The molecule has 142 valence electrons. The Bertz CT molecular complexity index is 593. The summed E-state index contributed by atoms with van der Waals surface area (Å²) in [4.78, 5) is 27.2. The van der Waals surface area contributed by atoms with Crippen LogP contribution in [-0.2, 0) is 16.0 Å². The van der Waals surface area contributed by atoms with Crippen LogP contribution in [0.3, 0.4) is 0 Å². The Labute approximate surface area is 155 Å². The lowest BCUT2D eigenvalue weighted by Crippen LogP contribution is -2.55. The predicted octanol–water partition coefficient (Wildman–Crippen LogP) is 1.95. The summed E-state index contributed by atoms with van der Waals surface area (Å²) in [6.45, 7) is 2.67. The maximum Gasteiger partial charge on any atom is 0.317 e. The molecule has 2 aliphatic rings. The van der Waals surface area contributed by atoms with Crippen LogP contribution in [0.25, 0.3) is 0 Å². The number of nitrogens with zero attached hydrogens (tertiary/aromatic N) is 1. The summed E-state index contributed by atoms with van der Waals surface area (Å²) in [6, 6.07) is 9.99. The van der Waals surface area contributed by atoms with Crippen LogP contribution < -0.4 is 10.6 Å². The highest BCUT2D eigenvalue weighted by molar-refractivity contribution is 5.81. The average molecular weight is 359 g/mol. The minimum absolute atomic E-state index is 0.0397. The Morgan fingerprint density at radius 2 is 2.00 bits per heavy atom. The average Bonchev–Trinajstić information content (AvgIpc) is 2.68. The van der Waals surface area contributed by atoms with Gasteiger partial charge in [0.15, 0.2) is 0 Å². The second-order valence-corrected chi connectivity index (χ2v) is 7.02. The van der Waals surface area contributed by atoms with E-state index in [0.29, 0.717) is 32.8 Å². The molecule has 1 aromatic rings. The summed E-state index contributed by atoms with van der Waals surface area (Å²) < 4.78 is 5.56. The Hall–Kier alpha value is -2.08. The van der Waals surface area contributed by atoms with Gasteiger partial charge in [-0.05, 0) is 24.8 Å². The molecule has 6 heteroatoms. The third kappa shape index (κ3) is 4.97. The largest absolute Gasteiger partial charge is 0.378 e. The zero-order chi connectivity index (χ0) is 18.2. The van der Waals surface area contributed by atoms with Crippen molar-refractivity contribution in [2.45, 2.75) is 38.1 Å². The molecule has 1 aliphatic carbocycles. The van der Waals surface area contributed by atoms with E-state index in [9.17, 15) is 9.59 Å². The first-order chi connectivity index (χ1) is 12.8. The van der Waals surface area contributed by atoms with Crippen molar-refractivity contribution in [3.63, 3.8) is 0 Å². The molecule has 26 heavy (non-hydrogen) atoms. The summed E-state index contributed by atoms with van der Waals surface area (Å²) >= 11 is 0. The first kappa shape index (κ1) is 18.7. The fraction of sp³-hybridized carbons (Fsp3) is 0.600. The van der Waals surface area contributed by atoms with Crippen molar-refractivity contribution in [1.82, 2.24) is 15.5 Å². The van der Waals surface area contributed by atoms with Crippen LogP contribution in [0.4, 0.5) is 4.79 Å². The summed E-state index contributed by atoms with van der Waals surface area (Å²) in [6.07, 6.45) is 4.64. The van der Waals surface area contributed by atoms with E-state index in [-0.39, 0.29) is 23.9 Å². The van der Waals surface area contributed by atoms with Gasteiger partial charge in [0.05, 0.1) is 19.1 Å². The number of rotatable bonds is 3. The van der Waals surface area contributed by atoms with Crippen molar-refractivity contribution in [3.05, 3.63) is 35.9 Å². The monoisotopic (exact) mass is 359 g/mol. The SMILES string of the molecule is O=C1NCCOCCN(C(=O)NCCc2ccccc2)C2CCCCC12. The molecular weight excluding hydrogens is 330 g/mol. The Morgan fingerprint density at radius 1 is 1.19 bits per heavy atom. The van der Waals surface area contributed by atoms with Gasteiger partial charge in [0, 0.05) is 25.7 Å². The lowest BCUT2D eigenvalue weighted by molar-refractivity contribution is -0.128. The van der Waals surface area contributed by atoms with Gasteiger partial charge in [-0.1, -0.05) is 43.2 Å². The normalized spacial score (nSPS) is 24.3. The van der Waals surface area contributed by atoms with Crippen molar-refractivity contribution >= 4 is 11.9 Å². The molecule has 2 N–H and O–H groups in total. The van der Waals surface area contributed by atoms with E-state index in [0.717, 1.165) is 32.1 Å². The summed E-state index contributed by atoms with van der Waals surface area (Å²) in [5.41, 5.74) is 1.20. The standard InChI is InChI=1S/C20H29N3O3/c24-19-17-8-4-5-9-18(17)23(13-15-26-14-12-21-19)20(25)22-11-10-16-6-2-1-3-7-16/h1-3,6-7,17-18H,4-5,8-15H2,(H,21,24)(H,22,25). The Balaban J connectivity index is 1.62. The molecule has 1 saturated heterocycles. The zero-order valence-electron chi connectivity index (χ0n) is 15.3. The van der Waals surface area contributed by atoms with Crippen LogP contribution in [0.5, 0.6) is 0 Å². The number of urea groups is 1. The van der Waals surface area contributed by atoms with Gasteiger partial charge in [-0.15, -0.1) is 0 Å². The third-order valence-electron chi connectivity index (χ3n) is 5.28. The number of ether oxygens (including phenoxy) is 1. The van der Waals surface area contributed by atoms with Crippen LogP contribution in [0.15, 0.2) is 30.3 Å². The number of hydrogen-bond acceptors (Lipinski definition) is 3. The summed E-state index contributed by atoms with van der Waals surface area (Å²) in [5, 5.41) is 5.99. The van der Waals surface area contributed by atoms with E-state index < -0.39 is 0 Å². The van der Waals surface area contributed by atoms with Gasteiger partial charge in [-0.25, -0.2) is 4.79 Å². The summed E-state index contributed by atoms with van der Waals surface area (Å²) in [7, 11) is 0. The molecule has 1 aliphatic heterocycles. The van der Waals surface area contributed by atoms with E-state index in [4.69, 9.17) is 4.74 Å². The molecule has 1 heterocycles. The van der Waals surface area contributed by atoms with Crippen molar-refractivity contribution in [1.29, 1.82) is 0 Å². The minimum Gasteiger partial charge on any atom is -0.378 e. The molecule has 0 aromatic heterocycles. The maximum absolute atomic E-state index is 12.8. The Morgan fingerprint density at radius 3 is 2.85 bits per heavy atom. The summed E-state index contributed by atoms with van der Waals surface area (Å²) in [5.74, 6) is -0.0518. The molecule has 1 aromatic carbocycles. The number of fused-ring (bicyclic) bond motifs is 1. The van der Waals surface area contributed by atoms with Crippen LogP contribution in [0, 0.1) is 5.92 Å². The van der Waals surface area contributed by atoms with Gasteiger partial charge >= 0.3 is 6.03 Å². The molecule has 0 radical (unpaired) electrons. The molecule has 2 unspecified atom stereocenters. The predicted molar refractivity (Wildman–Crippen MR) is 99.8 cm³/mol. The molecule has 3 amide bonds. The second kappa shape index (κ2) is 9.57. The van der Waals surface area contributed by atoms with Crippen molar-refractivity contribution in [2.24, 2.45) is 5.92 Å². The fourth-order valence-electron chi connectivity index (χ4n) is 3.91. The maximum atomic E-state index is 12.8. The van der Waals surface area contributed by atoms with E-state index in [2.05, 4.69) is 22.8 Å². The van der Waals surface area contributed by atoms with Gasteiger partial charge in [0.1, 0.15) is 0 Å². The van der Waals surface area contributed by atoms with Crippen molar-refractivity contribution in [2.75, 3.05) is 32.8 Å².